The van der Waals surface area contributed by atoms with Crippen LogP contribution in [0.4, 0.5) is 4.53 Å². The van der Waals surface area contributed by atoms with E-state index < -0.39 is 17.7 Å². The standard InChI is InChI=1S/C39H64FNO7/c1-24(42)45-33(36(6,7)48-40)28-12-10-26-29(46-28)20-27-25-11-13-30-35(4,5)31(14-15-39(30)22-38(25,39)17-16-37(26,27)8)47-32-21-41(18-19-44-32)23-34(2,3)43-9/h25-33H,10-23H2,1-9H3/t25?,26?,27?,28?,29?,30?,31-,32?,33-,37+,38-,39?/m0/s1. The maximum Gasteiger partial charge on any atom is 0.303 e. The molecule has 0 aromatic heterocycles. The van der Waals surface area contributed by atoms with Crippen molar-refractivity contribution in [3.63, 3.8) is 0 Å². The fraction of sp³-hybridized carbons (Fsp3) is 0.974. The van der Waals surface area contributed by atoms with Crippen LogP contribution in [0, 0.1) is 45.3 Å². The second-order valence-electron chi connectivity index (χ2n) is 19.2. The van der Waals surface area contributed by atoms with Crippen LogP contribution in [0.5, 0.6) is 0 Å². The Morgan fingerprint density at radius 1 is 0.979 bits per heavy atom. The molecule has 5 aliphatic carbocycles. The van der Waals surface area contributed by atoms with Gasteiger partial charge in [0.25, 0.3) is 0 Å². The number of nitrogens with zero attached hydrogens (tertiary/aromatic N) is 1. The maximum absolute atomic E-state index is 13.7. The summed E-state index contributed by atoms with van der Waals surface area (Å²) >= 11 is 0. The number of methoxy groups -OCH3 is 1. The Balaban J connectivity index is 1.04. The molecule has 0 amide bonds. The van der Waals surface area contributed by atoms with Gasteiger partial charge in [0.05, 0.1) is 30.5 Å². The molecule has 2 heterocycles. The van der Waals surface area contributed by atoms with Crippen LogP contribution in [0.2, 0.25) is 0 Å². The lowest BCUT2D eigenvalue weighted by Crippen LogP contribution is -2.56. The molecule has 0 radical (unpaired) electrons. The van der Waals surface area contributed by atoms with E-state index in [2.05, 4.69) is 44.5 Å². The lowest BCUT2D eigenvalue weighted by atomic mass is 9.46. The molecule has 5 saturated carbocycles. The predicted molar refractivity (Wildman–Crippen MR) is 180 cm³/mol. The minimum atomic E-state index is -1.26. The van der Waals surface area contributed by atoms with Crippen molar-refractivity contribution in [2.24, 2.45) is 45.3 Å². The van der Waals surface area contributed by atoms with Crippen LogP contribution in [-0.2, 0) is 33.4 Å². The number of esters is 1. The average molecular weight is 678 g/mol. The zero-order chi connectivity index (χ0) is 34.5. The van der Waals surface area contributed by atoms with Crippen molar-refractivity contribution in [3.8, 4) is 0 Å². The quantitative estimate of drug-likeness (QED) is 0.236. The van der Waals surface area contributed by atoms with E-state index in [1.807, 2.05) is 0 Å². The number of hydrogen-bond donors (Lipinski definition) is 0. The summed E-state index contributed by atoms with van der Waals surface area (Å²) in [6.07, 6.45) is 10.8. The van der Waals surface area contributed by atoms with Crippen molar-refractivity contribution in [3.05, 3.63) is 0 Å². The van der Waals surface area contributed by atoms with Gasteiger partial charge < -0.3 is 23.7 Å². The molecule has 2 saturated heterocycles. The van der Waals surface area contributed by atoms with Gasteiger partial charge in [-0.15, -0.1) is 0 Å². The lowest BCUT2D eigenvalue weighted by Gasteiger charge is -2.60. The van der Waals surface area contributed by atoms with Gasteiger partial charge in [-0.1, -0.05) is 20.8 Å². The number of halogens is 1. The molecule has 2 aliphatic heterocycles. The highest BCUT2D eigenvalue weighted by atomic mass is 19.3. The molecule has 7 rings (SSSR count). The Labute approximate surface area is 288 Å². The van der Waals surface area contributed by atoms with Gasteiger partial charge >= 0.3 is 5.97 Å². The number of fused-ring (bicyclic) bond motifs is 4. The fourth-order valence-electron chi connectivity index (χ4n) is 13.3. The smallest absolute Gasteiger partial charge is 0.303 e. The van der Waals surface area contributed by atoms with Crippen LogP contribution in [0.25, 0.3) is 0 Å². The monoisotopic (exact) mass is 677 g/mol. The van der Waals surface area contributed by atoms with Gasteiger partial charge in [-0.05, 0) is 142 Å². The number of rotatable bonds is 9. The highest BCUT2D eigenvalue weighted by molar-refractivity contribution is 5.66. The minimum absolute atomic E-state index is 0.0991. The topological polar surface area (TPSA) is 75.7 Å². The van der Waals surface area contributed by atoms with Gasteiger partial charge in [0.2, 0.25) is 0 Å². The van der Waals surface area contributed by atoms with Gasteiger partial charge in [-0.2, -0.15) is 4.94 Å². The van der Waals surface area contributed by atoms with E-state index in [4.69, 9.17) is 23.7 Å². The van der Waals surface area contributed by atoms with Crippen molar-refractivity contribution in [1.29, 1.82) is 0 Å². The van der Waals surface area contributed by atoms with Crippen LogP contribution in [0.1, 0.15) is 120 Å². The summed E-state index contributed by atoms with van der Waals surface area (Å²) in [5.41, 5.74) is -0.206. The van der Waals surface area contributed by atoms with Gasteiger partial charge in [-0.25, -0.2) is 0 Å². The first-order valence-electron chi connectivity index (χ1n) is 19.2. The van der Waals surface area contributed by atoms with E-state index in [1.54, 1.807) is 21.0 Å². The molecular formula is C39H64FNO7. The zero-order valence-electron chi connectivity index (χ0n) is 31.3. The number of ether oxygens (including phenoxy) is 5. The van der Waals surface area contributed by atoms with Crippen LogP contribution in [-0.4, -0.2) is 86.1 Å². The van der Waals surface area contributed by atoms with Crippen molar-refractivity contribution < 1.29 is 37.9 Å². The molecule has 0 N–H and O–H groups in total. The summed E-state index contributed by atoms with van der Waals surface area (Å²) in [4.78, 5) is 18.8. The highest BCUT2D eigenvalue weighted by Gasteiger charge is 2.80. The molecule has 8 nitrogen and oxygen atoms in total. The second kappa shape index (κ2) is 12.1. The Kier molecular flexibility index (Phi) is 8.97. The molecule has 7 fully saturated rings. The molecule has 0 aromatic carbocycles. The maximum atomic E-state index is 13.7. The number of morpholine rings is 1. The minimum Gasteiger partial charge on any atom is -0.457 e. The molecule has 0 aromatic rings. The normalized spacial score (nSPS) is 46.0. The van der Waals surface area contributed by atoms with Crippen molar-refractivity contribution >= 4 is 5.97 Å². The Bertz CT molecular complexity index is 1230. The fourth-order valence-corrected chi connectivity index (χ4v) is 13.3. The summed E-state index contributed by atoms with van der Waals surface area (Å²) in [6, 6.07) is 0. The zero-order valence-corrected chi connectivity index (χ0v) is 31.3. The largest absolute Gasteiger partial charge is 0.457 e. The van der Waals surface area contributed by atoms with E-state index >= 15 is 0 Å². The molecule has 48 heavy (non-hydrogen) atoms. The van der Waals surface area contributed by atoms with Gasteiger partial charge in [0.15, 0.2) is 12.4 Å². The summed E-state index contributed by atoms with van der Waals surface area (Å²) < 4.78 is 45.0. The van der Waals surface area contributed by atoms with E-state index in [-0.39, 0.29) is 41.0 Å². The van der Waals surface area contributed by atoms with Crippen LogP contribution in [0.3, 0.4) is 0 Å². The molecule has 8 unspecified atom stereocenters. The van der Waals surface area contributed by atoms with E-state index in [1.165, 1.54) is 45.4 Å². The molecule has 12 atom stereocenters. The number of carbonyl (C=O) groups excluding carboxylic acids is 1. The molecular weight excluding hydrogens is 613 g/mol. The molecule has 2 spiro atoms. The summed E-state index contributed by atoms with van der Waals surface area (Å²) in [6.45, 7) is 19.8. The third-order valence-corrected chi connectivity index (χ3v) is 15.7. The first-order valence-corrected chi connectivity index (χ1v) is 19.2. The molecule has 9 heteroatoms. The molecule has 0 bridgehead atoms. The van der Waals surface area contributed by atoms with Crippen LogP contribution < -0.4 is 0 Å². The number of hydrogen-bond acceptors (Lipinski definition) is 8. The SMILES string of the molecule is COC(C)(C)CN1CCOC(O[C@H]2CCC34C[C@]35CC[C@]3(C)C6CCC([C@H](OC(C)=O)C(C)(C)OF)OC6CC3C5CCC4C2(C)C)C1. The number of carbonyl (C=O) groups is 1. The predicted octanol–water partition coefficient (Wildman–Crippen LogP) is 7.27. The van der Waals surface area contributed by atoms with E-state index in [0.29, 0.717) is 35.2 Å². The van der Waals surface area contributed by atoms with Crippen LogP contribution >= 0.6 is 0 Å². The third kappa shape index (κ3) is 5.53. The Morgan fingerprint density at radius 3 is 2.44 bits per heavy atom. The van der Waals surface area contributed by atoms with Gasteiger partial charge in [-0.3, -0.25) is 9.69 Å². The van der Waals surface area contributed by atoms with Gasteiger partial charge in [0, 0.05) is 33.7 Å². The Morgan fingerprint density at radius 2 is 1.73 bits per heavy atom. The summed E-state index contributed by atoms with van der Waals surface area (Å²) in [7, 11) is 1.79. The van der Waals surface area contributed by atoms with Crippen molar-refractivity contribution in [2.45, 2.75) is 162 Å². The Hall–Kier alpha value is -0.840. The lowest BCUT2D eigenvalue weighted by molar-refractivity contribution is -0.281. The summed E-state index contributed by atoms with van der Waals surface area (Å²) in [5, 5.41) is 0. The highest BCUT2D eigenvalue weighted by Crippen LogP contribution is 2.87. The van der Waals surface area contributed by atoms with Gasteiger partial charge in [0.1, 0.15) is 5.60 Å². The first kappa shape index (κ1) is 35.6. The van der Waals surface area contributed by atoms with Crippen molar-refractivity contribution in [1.82, 2.24) is 4.90 Å². The molecule has 274 valence electrons. The van der Waals surface area contributed by atoms with Crippen LogP contribution in [0.15, 0.2) is 0 Å². The summed E-state index contributed by atoms with van der Waals surface area (Å²) in [5.74, 6) is 2.13. The first-order chi connectivity index (χ1) is 22.5. The third-order valence-electron chi connectivity index (χ3n) is 15.7. The average Bonchev–Trinajstić information content (AvgIpc) is 3.61. The second-order valence-corrected chi connectivity index (χ2v) is 19.2. The van der Waals surface area contributed by atoms with E-state index in [0.717, 1.165) is 51.2 Å². The van der Waals surface area contributed by atoms with E-state index in [9.17, 15) is 9.32 Å². The van der Waals surface area contributed by atoms with Crippen molar-refractivity contribution in [2.75, 3.05) is 33.4 Å². The molecule has 7 aliphatic rings.